The van der Waals surface area contributed by atoms with E-state index >= 15 is 0 Å². The first-order valence-corrected chi connectivity index (χ1v) is 8.06. The van der Waals surface area contributed by atoms with Crippen LogP contribution in [-0.4, -0.2) is 31.0 Å². The van der Waals surface area contributed by atoms with Crippen LogP contribution in [0, 0.1) is 0 Å². The van der Waals surface area contributed by atoms with E-state index in [1.165, 1.54) is 12.1 Å². The van der Waals surface area contributed by atoms with E-state index in [4.69, 9.17) is 15.2 Å². The molecule has 0 fully saturated rings. The molecule has 2 rings (SSSR count). The molecule has 0 bridgehead atoms. The van der Waals surface area contributed by atoms with Crippen LogP contribution >= 0.6 is 0 Å². The monoisotopic (exact) mass is 356 g/mol. The minimum atomic E-state index is -0.733. The van der Waals surface area contributed by atoms with Gasteiger partial charge in [-0.2, -0.15) is 0 Å². The first-order chi connectivity index (χ1) is 12.5. The summed E-state index contributed by atoms with van der Waals surface area (Å²) in [6.07, 6.45) is 0.767. The number of hydrogen-bond acceptors (Lipinski definition) is 5. The van der Waals surface area contributed by atoms with Gasteiger partial charge < -0.3 is 20.5 Å². The molecule has 0 atom stereocenters. The lowest BCUT2D eigenvalue weighted by Crippen LogP contribution is -2.24. The molecule has 0 spiro atoms. The van der Waals surface area contributed by atoms with E-state index in [1.54, 1.807) is 18.2 Å². The number of carbonyl (C=O) groups excluding carboxylic acids is 3. The predicted octanol–water partition coefficient (Wildman–Crippen LogP) is 1.91. The second kappa shape index (κ2) is 9.22. The van der Waals surface area contributed by atoms with Crippen molar-refractivity contribution in [3.05, 3.63) is 59.7 Å². The zero-order valence-electron chi connectivity index (χ0n) is 14.4. The molecule has 0 aliphatic rings. The standard InChI is InChI=1S/C19H20N2O5/c1-2-13-7-3-5-9-15(13)21-17(22)11-26-18(23)12-25-16-10-6-4-8-14(16)19(20)24/h3-10H,2,11-12H2,1H3,(H2,20,24)(H,21,22). The third-order valence-electron chi connectivity index (χ3n) is 3.53. The molecule has 26 heavy (non-hydrogen) atoms. The molecule has 0 aliphatic carbocycles. The third kappa shape index (κ3) is 5.34. The van der Waals surface area contributed by atoms with Gasteiger partial charge in [-0.15, -0.1) is 0 Å². The maximum atomic E-state index is 11.9. The summed E-state index contributed by atoms with van der Waals surface area (Å²) in [6, 6.07) is 13.7. The van der Waals surface area contributed by atoms with E-state index in [-0.39, 0.29) is 11.3 Å². The molecule has 0 heterocycles. The van der Waals surface area contributed by atoms with E-state index in [2.05, 4.69) is 5.32 Å². The van der Waals surface area contributed by atoms with Gasteiger partial charge in [0.25, 0.3) is 11.8 Å². The molecule has 0 unspecified atom stereocenters. The molecule has 0 radical (unpaired) electrons. The first kappa shape index (κ1) is 19.0. The molecule has 0 aliphatic heterocycles. The Hall–Kier alpha value is -3.35. The zero-order chi connectivity index (χ0) is 18.9. The van der Waals surface area contributed by atoms with Crippen LogP contribution in [0.25, 0.3) is 0 Å². The molecule has 2 aromatic rings. The Morgan fingerprint density at radius 1 is 1.00 bits per heavy atom. The second-order valence-electron chi connectivity index (χ2n) is 5.37. The molecule has 136 valence electrons. The Labute approximate surface area is 151 Å². The van der Waals surface area contributed by atoms with Gasteiger partial charge in [-0.3, -0.25) is 9.59 Å². The molecule has 7 heteroatoms. The lowest BCUT2D eigenvalue weighted by Gasteiger charge is -2.11. The number of primary amides is 1. The molecule has 7 nitrogen and oxygen atoms in total. The first-order valence-electron chi connectivity index (χ1n) is 8.06. The topological polar surface area (TPSA) is 108 Å². The van der Waals surface area contributed by atoms with Gasteiger partial charge in [0, 0.05) is 5.69 Å². The number of amides is 2. The fourth-order valence-corrected chi connectivity index (χ4v) is 2.26. The highest BCUT2D eigenvalue weighted by Gasteiger charge is 2.13. The molecule has 3 N–H and O–H groups in total. The Balaban J connectivity index is 1.82. The van der Waals surface area contributed by atoms with Gasteiger partial charge >= 0.3 is 5.97 Å². The van der Waals surface area contributed by atoms with Gasteiger partial charge in [-0.1, -0.05) is 37.3 Å². The Morgan fingerprint density at radius 2 is 1.69 bits per heavy atom. The molecular weight excluding hydrogens is 336 g/mol. The lowest BCUT2D eigenvalue weighted by atomic mass is 10.1. The van der Waals surface area contributed by atoms with Crippen molar-refractivity contribution < 1.29 is 23.9 Å². The highest BCUT2D eigenvalue weighted by Crippen LogP contribution is 2.17. The fraction of sp³-hybridized carbons (Fsp3) is 0.211. The highest BCUT2D eigenvalue weighted by atomic mass is 16.6. The Kier molecular flexibility index (Phi) is 6.73. The number of hydrogen-bond donors (Lipinski definition) is 2. The van der Waals surface area contributed by atoms with Gasteiger partial charge in [0.15, 0.2) is 13.2 Å². The number of ether oxygens (including phenoxy) is 2. The van der Waals surface area contributed by atoms with Gasteiger partial charge in [-0.25, -0.2) is 4.79 Å². The highest BCUT2D eigenvalue weighted by molar-refractivity contribution is 5.96. The zero-order valence-corrected chi connectivity index (χ0v) is 14.4. The number of carbonyl (C=O) groups is 3. The van der Waals surface area contributed by atoms with Gasteiger partial charge in [0.05, 0.1) is 5.56 Å². The van der Waals surface area contributed by atoms with Crippen LogP contribution in [0.15, 0.2) is 48.5 Å². The van der Waals surface area contributed by atoms with E-state index in [0.29, 0.717) is 5.69 Å². The minimum Gasteiger partial charge on any atom is -0.481 e. The molecule has 0 saturated heterocycles. The molecule has 0 saturated carbocycles. The average Bonchev–Trinajstić information content (AvgIpc) is 2.65. The maximum absolute atomic E-state index is 11.9. The van der Waals surface area contributed by atoms with E-state index in [0.717, 1.165) is 12.0 Å². The number of anilines is 1. The number of aryl methyl sites for hydroxylation is 1. The maximum Gasteiger partial charge on any atom is 0.344 e. The minimum absolute atomic E-state index is 0.161. The Bertz CT molecular complexity index is 804. The van der Waals surface area contributed by atoms with E-state index in [1.807, 2.05) is 25.1 Å². The molecule has 2 amide bonds. The van der Waals surface area contributed by atoms with Gasteiger partial charge in [0.1, 0.15) is 5.75 Å². The third-order valence-corrected chi connectivity index (χ3v) is 3.53. The summed E-state index contributed by atoms with van der Waals surface area (Å²) in [5.41, 5.74) is 7.06. The second-order valence-corrected chi connectivity index (χ2v) is 5.37. The largest absolute Gasteiger partial charge is 0.481 e. The summed E-state index contributed by atoms with van der Waals surface area (Å²) in [6.45, 7) is 1.10. The fourth-order valence-electron chi connectivity index (χ4n) is 2.26. The molecule has 2 aromatic carbocycles. The van der Waals surface area contributed by atoms with Crippen molar-refractivity contribution >= 4 is 23.5 Å². The van der Waals surface area contributed by atoms with Crippen molar-refractivity contribution in [2.24, 2.45) is 5.73 Å². The van der Waals surface area contributed by atoms with Crippen molar-refractivity contribution in [2.45, 2.75) is 13.3 Å². The predicted molar refractivity (Wildman–Crippen MR) is 95.9 cm³/mol. The summed E-state index contributed by atoms with van der Waals surface area (Å²) in [5.74, 6) is -1.67. The summed E-state index contributed by atoms with van der Waals surface area (Å²) in [5, 5.41) is 2.70. The number of benzene rings is 2. The summed E-state index contributed by atoms with van der Waals surface area (Å²) in [7, 11) is 0. The lowest BCUT2D eigenvalue weighted by molar-refractivity contribution is -0.149. The van der Waals surface area contributed by atoms with E-state index in [9.17, 15) is 14.4 Å². The van der Waals surface area contributed by atoms with Crippen molar-refractivity contribution in [1.29, 1.82) is 0 Å². The van der Waals surface area contributed by atoms with Crippen molar-refractivity contribution in [3.8, 4) is 5.75 Å². The van der Waals surface area contributed by atoms with Gasteiger partial charge in [0.2, 0.25) is 0 Å². The van der Waals surface area contributed by atoms with E-state index < -0.39 is 31.0 Å². The van der Waals surface area contributed by atoms with Crippen molar-refractivity contribution in [1.82, 2.24) is 0 Å². The van der Waals surface area contributed by atoms with Gasteiger partial charge in [-0.05, 0) is 30.2 Å². The van der Waals surface area contributed by atoms with Crippen LogP contribution in [0.2, 0.25) is 0 Å². The number of nitrogens with one attached hydrogen (secondary N) is 1. The van der Waals surface area contributed by atoms with Crippen LogP contribution in [0.4, 0.5) is 5.69 Å². The van der Waals surface area contributed by atoms with Crippen molar-refractivity contribution in [2.75, 3.05) is 18.5 Å². The summed E-state index contributed by atoms with van der Waals surface area (Å²) >= 11 is 0. The number of para-hydroxylation sites is 2. The Morgan fingerprint density at radius 3 is 2.42 bits per heavy atom. The quantitative estimate of drug-likeness (QED) is 0.703. The number of nitrogens with two attached hydrogens (primary N) is 1. The normalized spacial score (nSPS) is 10.0. The smallest absolute Gasteiger partial charge is 0.344 e. The average molecular weight is 356 g/mol. The SMILES string of the molecule is CCc1ccccc1NC(=O)COC(=O)COc1ccccc1C(N)=O. The van der Waals surface area contributed by atoms with Crippen LogP contribution in [-0.2, 0) is 20.7 Å². The summed E-state index contributed by atoms with van der Waals surface area (Å²) < 4.78 is 10.1. The molecular formula is C19H20N2O5. The van der Waals surface area contributed by atoms with Crippen LogP contribution < -0.4 is 15.8 Å². The van der Waals surface area contributed by atoms with Crippen molar-refractivity contribution in [3.63, 3.8) is 0 Å². The number of rotatable bonds is 8. The van der Waals surface area contributed by atoms with Crippen LogP contribution in [0.5, 0.6) is 5.75 Å². The van der Waals surface area contributed by atoms with Crippen LogP contribution in [0.3, 0.4) is 0 Å². The number of esters is 1. The summed E-state index contributed by atoms with van der Waals surface area (Å²) in [4.78, 5) is 34.9. The van der Waals surface area contributed by atoms with Crippen LogP contribution in [0.1, 0.15) is 22.8 Å². The molecule has 0 aromatic heterocycles.